The standard InChI is InChI=1S/2C2F6NO4S2.Cu/c2*3-1(4,5)14(10,11)9-15(12,13)2(6,7)8;/q2*-1;. The molecule has 0 atom stereocenters. The maximum Gasteiger partial charge on any atom is 0.480 e. The van der Waals surface area contributed by atoms with Crippen molar-refractivity contribution in [2.75, 3.05) is 0 Å². The van der Waals surface area contributed by atoms with Gasteiger partial charge in [-0.15, -0.1) is 0 Å². The monoisotopic (exact) mass is 623 g/mol. The van der Waals surface area contributed by atoms with Crippen LogP contribution in [0.3, 0.4) is 0 Å². The van der Waals surface area contributed by atoms with Crippen molar-refractivity contribution in [3.8, 4) is 0 Å². The van der Waals surface area contributed by atoms with Gasteiger partial charge in [0.25, 0.3) is 0 Å². The zero-order chi connectivity index (χ0) is 25.4. The summed E-state index contributed by atoms with van der Waals surface area (Å²) in [7, 11) is -26.9. The summed E-state index contributed by atoms with van der Waals surface area (Å²) in [5.41, 5.74) is -24.8. The second-order valence-corrected chi connectivity index (χ2v) is 10.7. The van der Waals surface area contributed by atoms with E-state index in [0.29, 0.717) is 0 Å². The Labute approximate surface area is 174 Å². The van der Waals surface area contributed by atoms with E-state index in [1.54, 1.807) is 0 Å². The SMILES string of the molecule is O=S(=O)([N-]S(=O)(=O)C(F)(F)F)C(F)(F)F.O=S(=O)([N-]S(=O)(=O)C(F)(F)F)C(F)(F)F.[Cu]. The summed E-state index contributed by atoms with van der Waals surface area (Å²) in [5, 5.41) is 0. The Hall–Kier alpha value is -0.601. The summed E-state index contributed by atoms with van der Waals surface area (Å²) in [6, 6.07) is 0. The molecular weight excluding hydrogens is 624 g/mol. The third-order valence-corrected chi connectivity index (χ3v) is 7.04. The largest absolute Gasteiger partial charge is 0.480 e. The van der Waals surface area contributed by atoms with Crippen LogP contribution in [0.15, 0.2) is 0 Å². The molecule has 31 heavy (non-hydrogen) atoms. The molecule has 0 aliphatic heterocycles. The van der Waals surface area contributed by atoms with Gasteiger partial charge < -0.3 is 8.25 Å². The average molecular weight is 624 g/mol. The summed E-state index contributed by atoms with van der Waals surface area (Å²) in [6.45, 7) is 0. The van der Waals surface area contributed by atoms with E-state index >= 15 is 0 Å². The molecule has 10 nitrogen and oxygen atoms in total. The van der Waals surface area contributed by atoms with Gasteiger partial charge in [-0.05, 0) is 0 Å². The van der Waals surface area contributed by atoms with Crippen LogP contribution >= 0.6 is 0 Å². The topological polar surface area (TPSA) is 165 Å². The molecule has 0 N–H and O–H groups in total. The minimum atomic E-state index is -6.72. The molecule has 0 aromatic rings. The third-order valence-electron chi connectivity index (χ3n) is 1.56. The molecule has 0 aromatic carbocycles. The second-order valence-electron chi connectivity index (χ2n) is 3.83. The van der Waals surface area contributed by atoms with Gasteiger partial charge in [-0.25, -0.2) is 33.7 Å². The molecule has 0 saturated carbocycles. The molecule has 0 fully saturated rings. The van der Waals surface area contributed by atoms with E-state index < -0.39 is 62.1 Å². The van der Waals surface area contributed by atoms with Gasteiger partial charge in [0, 0.05) is 17.1 Å². The molecule has 0 bridgehead atoms. The number of halogens is 12. The van der Waals surface area contributed by atoms with Crippen molar-refractivity contribution in [1.29, 1.82) is 0 Å². The summed E-state index contributed by atoms with van der Waals surface area (Å²) in [6.07, 6.45) is 0. The molecule has 0 aliphatic carbocycles. The fourth-order valence-electron chi connectivity index (χ4n) is 0.427. The van der Waals surface area contributed by atoms with Crippen LogP contribution in [0.25, 0.3) is 8.25 Å². The van der Waals surface area contributed by atoms with Gasteiger partial charge in [0.05, 0.1) is 0 Å². The molecule has 195 valence electrons. The molecule has 27 heteroatoms. The number of rotatable bonds is 4. The van der Waals surface area contributed by atoms with Gasteiger partial charge in [-0.3, -0.25) is 0 Å². The first-order valence-electron chi connectivity index (χ1n) is 5.15. The van der Waals surface area contributed by atoms with Gasteiger partial charge in [-0.1, -0.05) is 0 Å². The van der Waals surface area contributed by atoms with Crippen molar-refractivity contribution in [3.63, 3.8) is 0 Å². The van der Waals surface area contributed by atoms with Crippen LogP contribution in [0.2, 0.25) is 0 Å². The molecule has 0 heterocycles. The zero-order valence-corrected chi connectivity index (χ0v) is 16.8. The maximum absolute atomic E-state index is 11.4. The summed E-state index contributed by atoms with van der Waals surface area (Å²) in [5.74, 6) is 0. The van der Waals surface area contributed by atoms with Crippen molar-refractivity contribution in [2.24, 2.45) is 0 Å². The molecule has 0 rings (SSSR count). The van der Waals surface area contributed by atoms with E-state index in [2.05, 4.69) is 0 Å². The average Bonchev–Trinajstić information content (AvgIpc) is 2.30. The number of hydrogen-bond donors (Lipinski definition) is 0. The molecular formula is C4CuF12N2O8S4-2. The van der Waals surface area contributed by atoms with Crippen molar-refractivity contribution in [1.82, 2.24) is 0 Å². The molecule has 0 saturated heterocycles. The Bertz CT molecular complexity index is 862. The first-order valence-corrected chi connectivity index (χ1v) is 10.9. The van der Waals surface area contributed by atoms with Crippen LogP contribution in [0.5, 0.6) is 0 Å². The molecule has 0 aliphatic rings. The number of nitrogens with zero attached hydrogens (tertiary/aromatic N) is 2. The van der Waals surface area contributed by atoms with Crippen LogP contribution < -0.4 is 0 Å². The van der Waals surface area contributed by atoms with Crippen molar-refractivity contribution in [2.45, 2.75) is 22.0 Å². The van der Waals surface area contributed by atoms with Crippen molar-refractivity contribution >= 4 is 40.1 Å². The van der Waals surface area contributed by atoms with Gasteiger partial charge in [0.1, 0.15) is 0 Å². The van der Waals surface area contributed by atoms with Crippen LogP contribution in [0.1, 0.15) is 0 Å². The predicted octanol–water partition coefficient (Wildman–Crippen LogP) is 2.12. The normalized spacial score (nSPS) is 14.8. The van der Waals surface area contributed by atoms with Gasteiger partial charge >= 0.3 is 22.0 Å². The molecule has 0 aromatic heterocycles. The molecule has 0 amide bonds. The van der Waals surface area contributed by atoms with Gasteiger partial charge in [-0.2, -0.15) is 52.7 Å². The van der Waals surface area contributed by atoms with Gasteiger partial charge in [0.2, 0.25) is 0 Å². The number of hydrogen-bond acceptors (Lipinski definition) is 8. The first-order chi connectivity index (χ1) is 12.4. The Morgan fingerprint density at radius 1 is 0.355 bits per heavy atom. The fraction of sp³-hybridized carbons (Fsp3) is 1.00. The maximum atomic E-state index is 11.4. The Kier molecular flexibility index (Phi) is 11.0. The summed E-state index contributed by atoms with van der Waals surface area (Å²) < 4.78 is 218. The van der Waals surface area contributed by atoms with Crippen molar-refractivity contribution in [3.05, 3.63) is 8.25 Å². The minimum absolute atomic E-state index is 0. The Morgan fingerprint density at radius 2 is 0.452 bits per heavy atom. The van der Waals surface area contributed by atoms with E-state index in [0.717, 1.165) is 8.25 Å². The van der Waals surface area contributed by atoms with Crippen LogP contribution in [0, 0.1) is 0 Å². The number of alkyl halides is 12. The van der Waals surface area contributed by atoms with E-state index in [9.17, 15) is 86.4 Å². The van der Waals surface area contributed by atoms with Crippen molar-refractivity contribution < 1.29 is 103 Å². The van der Waals surface area contributed by atoms with Crippen LogP contribution in [-0.2, 0) is 57.2 Å². The van der Waals surface area contributed by atoms with Crippen LogP contribution in [0.4, 0.5) is 52.7 Å². The molecule has 1 radical (unpaired) electrons. The quantitative estimate of drug-likeness (QED) is 0.339. The first kappa shape index (κ1) is 35.0. The second kappa shape index (κ2) is 9.72. The zero-order valence-electron chi connectivity index (χ0n) is 12.6. The fourth-order valence-corrected chi connectivity index (χ4v) is 3.85. The van der Waals surface area contributed by atoms with Crippen LogP contribution in [-0.4, -0.2) is 55.7 Å². The summed E-state index contributed by atoms with van der Waals surface area (Å²) in [4.78, 5) is 0. The number of sulfonamides is 4. The van der Waals surface area contributed by atoms with E-state index in [4.69, 9.17) is 0 Å². The van der Waals surface area contributed by atoms with Gasteiger partial charge in [0.15, 0.2) is 40.1 Å². The third kappa shape index (κ3) is 9.82. The summed E-state index contributed by atoms with van der Waals surface area (Å²) >= 11 is 0. The predicted molar refractivity (Wildman–Crippen MR) is 66.6 cm³/mol. The van der Waals surface area contributed by atoms with E-state index in [1.165, 1.54) is 0 Å². The molecule has 0 spiro atoms. The minimum Gasteiger partial charge on any atom is -0.421 e. The Morgan fingerprint density at radius 3 is 0.516 bits per heavy atom. The van der Waals surface area contributed by atoms with E-state index in [-0.39, 0.29) is 17.1 Å². The smallest absolute Gasteiger partial charge is 0.421 e. The molecule has 0 unspecified atom stereocenters. The Balaban J connectivity index is -0.000000490. The van der Waals surface area contributed by atoms with E-state index in [1.807, 2.05) is 0 Å².